The highest BCUT2D eigenvalue weighted by Crippen LogP contribution is 2.31. The van der Waals surface area contributed by atoms with Gasteiger partial charge in [0.1, 0.15) is 23.0 Å². The predicted octanol–water partition coefficient (Wildman–Crippen LogP) is 12.2. The number of rotatable bonds is 18. The summed E-state index contributed by atoms with van der Waals surface area (Å²) in [5.74, 6) is -0.479. The molecule has 8 aromatic rings. The Hall–Kier alpha value is -7.46. The number of ether oxygens (including phenoxy) is 2. The van der Waals surface area contributed by atoms with Gasteiger partial charge in [-0.1, -0.05) is 84.9 Å². The van der Waals surface area contributed by atoms with Gasteiger partial charge in [-0.05, 0) is 134 Å². The lowest BCUT2D eigenvalue weighted by Gasteiger charge is -2.07. The summed E-state index contributed by atoms with van der Waals surface area (Å²) in [6.45, 7) is 0.831. The number of hydrogen-bond acceptors (Lipinski definition) is 12. The summed E-state index contributed by atoms with van der Waals surface area (Å²) in [6.07, 6.45) is 0. The number of hydrogen-bond donors (Lipinski definition) is 2. The topological polar surface area (TPSA) is 188 Å². The molecule has 75 heavy (non-hydrogen) atoms. The number of furan rings is 2. The number of alkyl halides is 4. The number of thioether (sulfide) groups is 1. The van der Waals surface area contributed by atoms with Gasteiger partial charge in [-0.2, -0.15) is 17.6 Å². The quantitative estimate of drug-likeness (QED) is 0.0612. The van der Waals surface area contributed by atoms with Crippen LogP contribution in [0.3, 0.4) is 0 Å². The normalized spacial score (nSPS) is 11.9. The van der Waals surface area contributed by atoms with Crippen LogP contribution in [0.25, 0.3) is 22.3 Å². The van der Waals surface area contributed by atoms with Gasteiger partial charge in [0.15, 0.2) is 11.5 Å². The largest absolute Gasteiger partial charge is 0.456 e. The van der Waals surface area contributed by atoms with Crippen LogP contribution < -0.4 is 18.9 Å². The third-order valence-corrected chi connectivity index (χ3v) is 16.6. The van der Waals surface area contributed by atoms with Crippen LogP contribution in [0.2, 0.25) is 0 Å². The Bertz CT molecular complexity index is 3550. The van der Waals surface area contributed by atoms with Crippen molar-refractivity contribution < 1.29 is 66.5 Å². The summed E-state index contributed by atoms with van der Waals surface area (Å²) < 4.78 is 137. The fourth-order valence-electron chi connectivity index (χ4n) is 7.31. The van der Waals surface area contributed by atoms with E-state index in [-0.39, 0.29) is 38.6 Å². The van der Waals surface area contributed by atoms with Crippen molar-refractivity contribution in [3.63, 3.8) is 0 Å². The zero-order valence-electron chi connectivity index (χ0n) is 40.2. The van der Waals surface area contributed by atoms with Crippen molar-refractivity contribution in [2.45, 2.75) is 72.0 Å². The molecule has 0 spiro atoms. The fraction of sp³-hybridized carbons (Fsp3) is 0.148. The van der Waals surface area contributed by atoms with E-state index in [0.29, 0.717) is 38.9 Å². The van der Waals surface area contributed by atoms with Crippen molar-refractivity contribution in [2.24, 2.45) is 0 Å². The molecule has 6 aromatic carbocycles. The van der Waals surface area contributed by atoms with Crippen molar-refractivity contribution in [2.75, 3.05) is 0 Å². The average molecular weight is 1100 g/mol. The van der Waals surface area contributed by atoms with Crippen molar-refractivity contribution >= 4 is 54.4 Å². The van der Waals surface area contributed by atoms with Crippen LogP contribution in [0.4, 0.5) is 17.6 Å². The Kier molecular flexibility index (Phi) is 17.9. The maximum Gasteiger partial charge on any atom is 0.387 e. The Balaban J connectivity index is 0.000000219. The Morgan fingerprint density at radius 1 is 0.547 bits per heavy atom. The minimum atomic E-state index is -4.10. The molecule has 8 rings (SSSR count). The number of sulfonamides is 2. The lowest BCUT2D eigenvalue weighted by atomic mass is 10.1. The molecule has 1 unspecified atom stereocenters. The second kappa shape index (κ2) is 24.3. The lowest BCUT2D eigenvalue weighted by molar-refractivity contribution is -0.0505. The van der Waals surface area contributed by atoms with E-state index in [9.17, 15) is 48.2 Å². The number of halogens is 4. The maximum atomic E-state index is 13.0. The van der Waals surface area contributed by atoms with Crippen LogP contribution in [0, 0.1) is 27.7 Å². The van der Waals surface area contributed by atoms with E-state index < -0.39 is 55.9 Å². The Morgan fingerprint density at radius 3 is 1.33 bits per heavy atom. The van der Waals surface area contributed by atoms with Gasteiger partial charge in [0.05, 0.1) is 26.3 Å². The standard InChI is InChI=1S/C27H23F2NO6S2.C27H23F2NO5S2/c1-17-5-3-4-6-25(17)38(33,34)30-26(31)24-15-21(18(2)35-24)16-37(32)23-13-9-20(10-14-23)19-7-11-22(12-8-19)36-27(28)29;1-17-5-3-4-6-25(17)37(32,33)30-26(31)24-15-21(18(2)34-24)16-36-23-13-9-20(10-14-23)19-7-11-22(12-8-19)35-27(28)29/h3-15,27H,16H2,1-2H3,(H,30,31);3-15,27H,16H2,1-2H3,(H,30,31). The van der Waals surface area contributed by atoms with E-state index in [1.807, 2.05) is 29.0 Å². The molecular formula is C54H46F4N2O11S4. The van der Waals surface area contributed by atoms with Gasteiger partial charge in [0.2, 0.25) is 0 Å². The van der Waals surface area contributed by atoms with Crippen LogP contribution in [0.5, 0.6) is 11.5 Å². The zero-order valence-corrected chi connectivity index (χ0v) is 43.5. The summed E-state index contributed by atoms with van der Waals surface area (Å²) in [4.78, 5) is 26.7. The van der Waals surface area contributed by atoms with E-state index in [4.69, 9.17) is 8.83 Å². The van der Waals surface area contributed by atoms with Gasteiger partial charge >= 0.3 is 25.0 Å². The molecule has 2 aromatic heterocycles. The van der Waals surface area contributed by atoms with Crippen LogP contribution in [-0.2, 0) is 42.4 Å². The molecule has 0 aliphatic rings. The maximum absolute atomic E-state index is 13.0. The number of amides is 2. The first-order valence-electron chi connectivity index (χ1n) is 22.4. The second-order valence-electron chi connectivity index (χ2n) is 16.4. The van der Waals surface area contributed by atoms with Crippen molar-refractivity contribution in [3.05, 3.63) is 203 Å². The Morgan fingerprint density at radius 2 is 0.920 bits per heavy atom. The Labute approximate surface area is 436 Å². The number of benzene rings is 6. The van der Waals surface area contributed by atoms with Gasteiger partial charge in [-0.3, -0.25) is 13.8 Å². The van der Waals surface area contributed by atoms with Crippen molar-refractivity contribution in [3.8, 4) is 33.8 Å². The molecule has 390 valence electrons. The summed E-state index contributed by atoms with van der Waals surface area (Å²) in [5, 5.41) is 0. The number of aryl methyl sites for hydroxylation is 4. The third-order valence-electron chi connectivity index (χ3n) is 11.2. The SMILES string of the molecule is Cc1ccccc1S(=O)(=O)NC(=O)c1cc(CS(=O)c2ccc(-c3ccc(OC(F)F)cc3)cc2)c(C)o1.Cc1ccccc1S(=O)(=O)NC(=O)c1cc(CSc2ccc(-c3ccc(OC(F)F)cc3)cc2)c(C)o1. The highest BCUT2D eigenvalue weighted by atomic mass is 32.2. The van der Waals surface area contributed by atoms with Crippen molar-refractivity contribution in [1.82, 2.24) is 9.44 Å². The summed E-state index contributed by atoms with van der Waals surface area (Å²) in [6, 6.07) is 42.8. The molecular weight excluding hydrogens is 1060 g/mol. The molecule has 2 N–H and O–H groups in total. The number of carbonyl (C=O) groups is 2. The molecule has 0 aliphatic heterocycles. The van der Waals surface area contributed by atoms with Crippen LogP contribution in [-0.4, -0.2) is 46.1 Å². The van der Waals surface area contributed by atoms with E-state index >= 15 is 0 Å². The zero-order chi connectivity index (χ0) is 54.0. The smallest absolute Gasteiger partial charge is 0.387 e. The minimum Gasteiger partial charge on any atom is -0.456 e. The molecule has 0 saturated heterocycles. The molecule has 0 bridgehead atoms. The molecule has 21 heteroatoms. The fourth-order valence-corrected chi connectivity index (χ4v) is 11.8. The molecule has 0 radical (unpaired) electrons. The van der Waals surface area contributed by atoms with E-state index in [1.54, 1.807) is 119 Å². The van der Waals surface area contributed by atoms with Gasteiger partial charge in [-0.25, -0.2) is 26.3 Å². The first-order chi connectivity index (χ1) is 35.6. The predicted molar refractivity (Wildman–Crippen MR) is 275 cm³/mol. The lowest BCUT2D eigenvalue weighted by Crippen LogP contribution is -2.30. The van der Waals surface area contributed by atoms with Gasteiger partial charge in [-0.15, -0.1) is 11.8 Å². The van der Waals surface area contributed by atoms with Crippen molar-refractivity contribution in [1.29, 1.82) is 0 Å². The van der Waals surface area contributed by atoms with Crippen LogP contribution in [0.15, 0.2) is 186 Å². The summed E-state index contributed by atoms with van der Waals surface area (Å²) in [7, 11) is -9.62. The van der Waals surface area contributed by atoms with Gasteiger partial charge in [0.25, 0.3) is 20.0 Å². The van der Waals surface area contributed by atoms with E-state index in [1.165, 1.54) is 54.2 Å². The second-order valence-corrected chi connectivity index (χ2v) is 22.2. The minimum absolute atomic E-state index is 0.0150. The highest BCUT2D eigenvalue weighted by molar-refractivity contribution is 7.98. The molecule has 0 aliphatic carbocycles. The third kappa shape index (κ3) is 14.7. The molecule has 2 amide bonds. The molecule has 2 heterocycles. The van der Waals surface area contributed by atoms with Crippen LogP contribution >= 0.6 is 11.8 Å². The summed E-state index contributed by atoms with van der Waals surface area (Å²) in [5.41, 5.74) is 5.63. The van der Waals surface area contributed by atoms with Gasteiger partial charge in [0, 0.05) is 26.7 Å². The monoisotopic (exact) mass is 1100 g/mol. The van der Waals surface area contributed by atoms with Crippen LogP contribution in [0.1, 0.15) is 54.9 Å². The molecule has 1 atom stereocenters. The first-order valence-corrected chi connectivity index (χ1v) is 27.7. The van der Waals surface area contributed by atoms with E-state index in [2.05, 4.69) is 14.2 Å². The molecule has 0 fully saturated rings. The van der Waals surface area contributed by atoms with E-state index in [0.717, 1.165) is 32.7 Å². The molecule has 0 saturated carbocycles. The van der Waals surface area contributed by atoms with Gasteiger partial charge < -0.3 is 18.3 Å². The molecule has 13 nitrogen and oxygen atoms in total. The number of nitrogens with one attached hydrogen (secondary N) is 2. The first kappa shape index (κ1) is 55.3. The highest BCUT2D eigenvalue weighted by Gasteiger charge is 2.25. The number of carbonyl (C=O) groups excluding carboxylic acids is 2. The summed E-state index contributed by atoms with van der Waals surface area (Å²) >= 11 is 1.52. The average Bonchev–Trinajstić information content (AvgIpc) is 3.94.